The van der Waals surface area contributed by atoms with Crippen LogP contribution in [-0.2, 0) is 11.3 Å². The van der Waals surface area contributed by atoms with Gasteiger partial charge in [0, 0.05) is 50.7 Å². The van der Waals surface area contributed by atoms with Crippen LogP contribution in [0.25, 0.3) is 22.3 Å². The number of methoxy groups -OCH3 is 1. The maximum absolute atomic E-state index is 13.4. The van der Waals surface area contributed by atoms with Gasteiger partial charge >= 0.3 is 11.7 Å². The number of benzene rings is 1. The van der Waals surface area contributed by atoms with Crippen molar-refractivity contribution < 1.29 is 13.9 Å². The minimum Gasteiger partial charge on any atom is -0.383 e. The molecule has 4 aromatic rings. The molecule has 0 atom stereocenters. The molecule has 37 heavy (non-hydrogen) atoms. The Kier molecular flexibility index (Phi) is 6.87. The molecule has 3 aromatic heterocycles. The number of amides is 2. The smallest absolute Gasteiger partial charge is 0.327 e. The van der Waals surface area contributed by atoms with Crippen LogP contribution in [0.1, 0.15) is 18.9 Å². The Balaban J connectivity index is 1.34. The Morgan fingerprint density at radius 2 is 1.92 bits per heavy atom. The van der Waals surface area contributed by atoms with E-state index in [1.54, 1.807) is 53.2 Å². The summed E-state index contributed by atoms with van der Waals surface area (Å²) < 4.78 is 21.7. The summed E-state index contributed by atoms with van der Waals surface area (Å²) in [5.41, 5.74) is 2.21. The average Bonchev–Trinajstić information content (AvgIpc) is 3.25. The second kappa shape index (κ2) is 10.4. The number of ether oxygens (including phenoxy) is 1. The number of nitrogens with zero attached hydrogens (tertiary/aromatic N) is 4. The summed E-state index contributed by atoms with van der Waals surface area (Å²) in [4.78, 5) is 47.3. The lowest BCUT2D eigenvalue weighted by molar-refractivity contribution is 0.183. The first-order valence-corrected chi connectivity index (χ1v) is 12.0. The molecule has 0 radical (unpaired) electrons. The van der Waals surface area contributed by atoms with Crippen LogP contribution >= 0.6 is 0 Å². The number of halogens is 1. The van der Waals surface area contributed by atoms with Gasteiger partial charge in [0.25, 0.3) is 5.56 Å². The fourth-order valence-electron chi connectivity index (χ4n) is 4.72. The molecule has 5 rings (SSSR count). The Hall–Kier alpha value is -4.25. The van der Waals surface area contributed by atoms with E-state index in [1.165, 1.54) is 16.7 Å². The number of nitrogens with one attached hydrogen (secondary N) is 2. The van der Waals surface area contributed by atoms with Crippen LogP contribution in [0.15, 0.2) is 64.4 Å². The fraction of sp³-hybridized carbons (Fsp3) is 0.308. The molecule has 0 aliphatic carbocycles. The summed E-state index contributed by atoms with van der Waals surface area (Å²) in [6.07, 6.45) is 4.47. The molecule has 4 heterocycles. The number of piperidine rings is 1. The number of urea groups is 1. The van der Waals surface area contributed by atoms with E-state index in [-0.39, 0.29) is 28.8 Å². The van der Waals surface area contributed by atoms with Crippen molar-refractivity contribution in [3.63, 3.8) is 0 Å². The SMILES string of the molecule is COCCn1cc(-c2ccc(F)cc2)cc(NC(=O)N2CCC(n3c(=O)[nH]c4ncccc43)CC2)c1=O. The summed E-state index contributed by atoms with van der Waals surface area (Å²) in [6.45, 7) is 1.46. The first kappa shape index (κ1) is 24.4. The summed E-state index contributed by atoms with van der Waals surface area (Å²) in [5, 5.41) is 2.76. The Bertz CT molecular complexity index is 1530. The largest absolute Gasteiger partial charge is 0.383 e. The molecule has 192 valence electrons. The third-order valence-corrected chi connectivity index (χ3v) is 6.65. The van der Waals surface area contributed by atoms with Crippen LogP contribution in [0.5, 0.6) is 0 Å². The molecule has 1 aliphatic rings. The zero-order valence-electron chi connectivity index (χ0n) is 20.3. The normalized spacial score (nSPS) is 14.3. The number of carbonyl (C=O) groups is 1. The first-order valence-electron chi connectivity index (χ1n) is 12.0. The highest BCUT2D eigenvalue weighted by atomic mass is 19.1. The number of hydrogen-bond donors (Lipinski definition) is 2. The van der Waals surface area contributed by atoms with E-state index < -0.39 is 6.03 Å². The maximum atomic E-state index is 13.4. The van der Waals surface area contributed by atoms with Gasteiger partial charge in [-0.1, -0.05) is 12.1 Å². The number of aromatic amines is 1. The summed E-state index contributed by atoms with van der Waals surface area (Å²) in [5.74, 6) is -0.362. The van der Waals surface area contributed by atoms with Gasteiger partial charge in [0.15, 0.2) is 5.65 Å². The minimum absolute atomic E-state index is 0.0671. The Morgan fingerprint density at radius 3 is 2.65 bits per heavy atom. The third kappa shape index (κ3) is 5.03. The van der Waals surface area contributed by atoms with Crippen molar-refractivity contribution >= 4 is 22.9 Å². The van der Waals surface area contributed by atoms with Gasteiger partial charge in [0.2, 0.25) is 0 Å². The van der Waals surface area contributed by atoms with Crippen molar-refractivity contribution in [2.24, 2.45) is 0 Å². The molecule has 2 amide bonds. The minimum atomic E-state index is -0.391. The van der Waals surface area contributed by atoms with Crippen molar-refractivity contribution in [1.82, 2.24) is 24.0 Å². The zero-order chi connectivity index (χ0) is 25.9. The predicted octanol–water partition coefficient (Wildman–Crippen LogP) is 3.21. The number of pyridine rings is 2. The highest BCUT2D eigenvalue weighted by molar-refractivity contribution is 5.90. The molecule has 1 aliphatic heterocycles. The highest BCUT2D eigenvalue weighted by Crippen LogP contribution is 2.25. The van der Waals surface area contributed by atoms with Crippen molar-refractivity contribution in [1.29, 1.82) is 0 Å². The van der Waals surface area contributed by atoms with E-state index >= 15 is 0 Å². The molecular weight excluding hydrogens is 479 g/mol. The average molecular weight is 507 g/mol. The van der Waals surface area contributed by atoms with Crippen molar-refractivity contribution in [3.05, 3.63) is 81.5 Å². The molecule has 1 saturated heterocycles. The molecule has 1 aromatic carbocycles. The van der Waals surface area contributed by atoms with Crippen LogP contribution in [-0.4, -0.2) is 56.8 Å². The van der Waals surface area contributed by atoms with Crippen molar-refractivity contribution in [2.75, 3.05) is 32.1 Å². The van der Waals surface area contributed by atoms with Crippen LogP contribution in [0, 0.1) is 5.82 Å². The van der Waals surface area contributed by atoms with E-state index in [0.29, 0.717) is 55.9 Å². The van der Waals surface area contributed by atoms with Crippen LogP contribution in [0.4, 0.5) is 14.9 Å². The highest BCUT2D eigenvalue weighted by Gasteiger charge is 2.27. The number of likely N-dealkylation sites (tertiary alicyclic amines) is 1. The second-order valence-corrected chi connectivity index (χ2v) is 8.96. The molecular formula is C26H27FN6O4. The van der Waals surface area contributed by atoms with Gasteiger partial charge in [0.05, 0.1) is 12.1 Å². The lowest BCUT2D eigenvalue weighted by Gasteiger charge is -2.32. The Labute approximate surface area is 211 Å². The van der Waals surface area contributed by atoms with Gasteiger partial charge in [-0.3, -0.25) is 14.3 Å². The summed E-state index contributed by atoms with van der Waals surface area (Å²) >= 11 is 0. The van der Waals surface area contributed by atoms with E-state index in [0.717, 1.165) is 5.52 Å². The molecule has 11 heteroatoms. The number of aromatic nitrogens is 4. The maximum Gasteiger partial charge on any atom is 0.327 e. The number of H-pyrrole nitrogens is 1. The van der Waals surface area contributed by atoms with Crippen molar-refractivity contribution in [2.45, 2.75) is 25.4 Å². The molecule has 2 N–H and O–H groups in total. The van der Waals surface area contributed by atoms with Crippen molar-refractivity contribution in [3.8, 4) is 11.1 Å². The number of rotatable bonds is 6. The summed E-state index contributed by atoms with van der Waals surface area (Å²) in [7, 11) is 1.54. The second-order valence-electron chi connectivity index (χ2n) is 8.96. The molecule has 10 nitrogen and oxygen atoms in total. The first-order chi connectivity index (χ1) is 17.9. The van der Waals surface area contributed by atoms with Crippen LogP contribution in [0.2, 0.25) is 0 Å². The van der Waals surface area contributed by atoms with Gasteiger partial charge in [0.1, 0.15) is 11.5 Å². The summed E-state index contributed by atoms with van der Waals surface area (Å²) in [6, 6.07) is 10.7. The van der Waals surface area contributed by atoms with E-state index in [4.69, 9.17) is 4.74 Å². The van der Waals surface area contributed by atoms with E-state index in [9.17, 15) is 18.8 Å². The Morgan fingerprint density at radius 1 is 1.16 bits per heavy atom. The third-order valence-electron chi connectivity index (χ3n) is 6.65. The number of imidazole rings is 1. The van der Waals surface area contributed by atoms with E-state index in [2.05, 4.69) is 15.3 Å². The lowest BCUT2D eigenvalue weighted by atomic mass is 10.0. The molecule has 1 fully saturated rings. The lowest BCUT2D eigenvalue weighted by Crippen LogP contribution is -2.43. The van der Waals surface area contributed by atoms with Gasteiger partial charge < -0.3 is 19.5 Å². The quantitative estimate of drug-likeness (QED) is 0.417. The van der Waals surface area contributed by atoms with E-state index in [1.807, 2.05) is 6.07 Å². The number of fused-ring (bicyclic) bond motifs is 1. The number of carbonyl (C=O) groups excluding carboxylic acids is 1. The number of anilines is 1. The van der Waals surface area contributed by atoms with Gasteiger partial charge in [-0.2, -0.15) is 0 Å². The molecule has 0 saturated carbocycles. The topological polar surface area (TPSA) is 114 Å². The molecule has 0 unspecified atom stereocenters. The molecule has 0 bridgehead atoms. The van der Waals surface area contributed by atoms with Crippen LogP contribution in [0.3, 0.4) is 0 Å². The zero-order valence-corrected chi connectivity index (χ0v) is 20.3. The fourth-order valence-corrected chi connectivity index (χ4v) is 4.72. The molecule has 0 spiro atoms. The standard InChI is InChI=1S/C26H27FN6O4/c1-37-14-13-32-16-18(17-4-6-19(27)7-5-17)15-21(24(32)34)29-25(35)31-11-8-20(9-12-31)33-22-3-2-10-28-23(22)30-26(33)36/h2-7,10,15-16,20H,8-9,11-14H2,1H3,(H,29,35)(H,28,30,36). The van der Waals surface area contributed by atoms with Gasteiger partial charge in [-0.25, -0.2) is 19.0 Å². The van der Waals surface area contributed by atoms with Gasteiger partial charge in [-0.05, 0) is 48.7 Å². The number of hydrogen-bond acceptors (Lipinski definition) is 5. The van der Waals surface area contributed by atoms with Crippen LogP contribution < -0.4 is 16.6 Å². The van der Waals surface area contributed by atoms with Gasteiger partial charge in [-0.15, -0.1) is 0 Å². The predicted molar refractivity (Wildman–Crippen MR) is 137 cm³/mol. The monoisotopic (exact) mass is 506 g/mol.